The van der Waals surface area contributed by atoms with Gasteiger partial charge in [0.2, 0.25) is 17.7 Å². The van der Waals surface area contributed by atoms with E-state index in [0.29, 0.717) is 18.5 Å². The van der Waals surface area contributed by atoms with Crippen LogP contribution in [0.3, 0.4) is 0 Å². The molecule has 3 amide bonds. The number of amides is 3. The molecule has 2 fully saturated rings. The molecule has 172 valence electrons. The Morgan fingerprint density at radius 1 is 1.26 bits per heavy atom. The Morgan fingerprint density at radius 3 is 2.39 bits per heavy atom. The van der Waals surface area contributed by atoms with Crippen LogP contribution in [-0.4, -0.2) is 89.0 Å². The van der Waals surface area contributed by atoms with E-state index >= 15 is 0 Å². The van der Waals surface area contributed by atoms with Crippen molar-refractivity contribution < 1.29 is 34.4 Å². The molecule has 2 heterocycles. The fraction of sp³-hybridized carbons (Fsp3) is 0.550. The van der Waals surface area contributed by atoms with Gasteiger partial charge in [-0.2, -0.15) is 0 Å². The van der Waals surface area contributed by atoms with Gasteiger partial charge in [0, 0.05) is 26.1 Å². The van der Waals surface area contributed by atoms with E-state index in [0.717, 1.165) is 26.3 Å². The van der Waals surface area contributed by atoms with Gasteiger partial charge < -0.3 is 41.3 Å². The van der Waals surface area contributed by atoms with Crippen LogP contribution in [0.5, 0.6) is 11.5 Å². The summed E-state index contributed by atoms with van der Waals surface area (Å²) in [6, 6.07) is 2.36. The predicted octanol–water partition coefficient (Wildman–Crippen LogP) is -1.80. The van der Waals surface area contributed by atoms with Gasteiger partial charge in [0.1, 0.15) is 18.2 Å². The number of phenols is 2. The first kappa shape index (κ1) is 24.4. The number of nitrogens with zero attached hydrogens (tertiary/aromatic N) is 1. The number of rotatable bonds is 6. The molecular formula is C20H30N4O7. The van der Waals surface area contributed by atoms with Gasteiger partial charge in [-0.25, -0.2) is 0 Å². The van der Waals surface area contributed by atoms with Crippen LogP contribution in [0.25, 0.3) is 0 Å². The topological polar surface area (TPSA) is 174 Å². The number of phenolic OH excluding ortho intramolecular Hbond substituents is 2. The minimum absolute atomic E-state index is 0.103. The molecule has 0 aliphatic carbocycles. The maximum Gasteiger partial charge on any atom is 0.249 e. The van der Waals surface area contributed by atoms with Crippen LogP contribution < -0.4 is 16.4 Å². The van der Waals surface area contributed by atoms with E-state index in [2.05, 4.69) is 10.6 Å². The molecule has 31 heavy (non-hydrogen) atoms. The Morgan fingerprint density at radius 2 is 1.94 bits per heavy atom. The number of likely N-dealkylation sites (tertiary alicyclic amines) is 1. The van der Waals surface area contributed by atoms with Gasteiger partial charge in [0.05, 0.1) is 13.2 Å². The average Bonchev–Trinajstić information content (AvgIpc) is 2.71. The molecular weight excluding hydrogens is 408 g/mol. The first-order valence-electron chi connectivity index (χ1n) is 10.1. The van der Waals surface area contributed by atoms with E-state index in [1.165, 1.54) is 30.0 Å². The number of hydrogen-bond acceptors (Lipinski definition) is 8. The second kappa shape index (κ2) is 11.5. The number of benzene rings is 1. The molecule has 0 radical (unpaired) electrons. The first-order valence-corrected chi connectivity index (χ1v) is 10.1. The van der Waals surface area contributed by atoms with Gasteiger partial charge in [0.25, 0.3) is 0 Å². The number of nitrogens with two attached hydrogens (primary N) is 1. The number of primary amides is 1. The van der Waals surface area contributed by atoms with Gasteiger partial charge in [-0.05, 0) is 31.0 Å². The summed E-state index contributed by atoms with van der Waals surface area (Å²) in [4.78, 5) is 36.7. The number of carbonyl (C=O) groups excluding carboxylic acids is 3. The Balaban J connectivity index is 0.000000488. The lowest BCUT2D eigenvalue weighted by atomic mass is 10.0. The van der Waals surface area contributed by atoms with Gasteiger partial charge in [-0.1, -0.05) is 6.07 Å². The molecule has 0 aromatic heterocycles. The summed E-state index contributed by atoms with van der Waals surface area (Å²) < 4.78 is 5.01. The third-order valence-corrected chi connectivity index (χ3v) is 4.98. The molecule has 1 aromatic rings. The highest BCUT2D eigenvalue weighted by atomic mass is 16.5. The lowest BCUT2D eigenvalue weighted by molar-refractivity contribution is -0.149. The summed E-state index contributed by atoms with van der Waals surface area (Å²) in [5.74, 6) is -2.46. The Labute approximate surface area is 180 Å². The number of aliphatic hydroxyl groups is 1. The van der Waals surface area contributed by atoms with Crippen molar-refractivity contribution in [2.24, 2.45) is 5.73 Å². The number of morpholine rings is 1. The van der Waals surface area contributed by atoms with Crippen molar-refractivity contribution in [3.05, 3.63) is 23.8 Å². The maximum absolute atomic E-state index is 12.2. The number of nitrogens with one attached hydrogen (secondary N) is 2. The Kier molecular flexibility index (Phi) is 9.03. The summed E-state index contributed by atoms with van der Waals surface area (Å²) >= 11 is 0. The molecule has 2 aliphatic heterocycles. The van der Waals surface area contributed by atoms with Crippen LogP contribution in [0.2, 0.25) is 0 Å². The molecule has 1 aromatic carbocycles. The molecule has 3 rings (SSSR count). The molecule has 11 nitrogen and oxygen atoms in total. The number of ether oxygens (including phenoxy) is 1. The molecule has 0 saturated carbocycles. The van der Waals surface area contributed by atoms with Gasteiger partial charge in [0.15, 0.2) is 11.5 Å². The average molecular weight is 438 g/mol. The quantitative estimate of drug-likeness (QED) is 0.282. The molecule has 3 unspecified atom stereocenters. The van der Waals surface area contributed by atoms with E-state index in [4.69, 9.17) is 10.5 Å². The molecule has 2 saturated heterocycles. The van der Waals surface area contributed by atoms with Crippen LogP contribution in [0.15, 0.2) is 18.2 Å². The van der Waals surface area contributed by atoms with Crippen molar-refractivity contribution in [1.29, 1.82) is 0 Å². The van der Waals surface area contributed by atoms with Crippen LogP contribution in [0.4, 0.5) is 0 Å². The molecule has 0 spiro atoms. The summed E-state index contributed by atoms with van der Waals surface area (Å²) in [5, 5.41) is 34.2. The zero-order chi connectivity index (χ0) is 23.0. The van der Waals surface area contributed by atoms with E-state index in [1.807, 2.05) is 0 Å². The fourth-order valence-electron chi connectivity index (χ4n) is 3.09. The fourth-order valence-corrected chi connectivity index (χ4v) is 3.09. The van der Waals surface area contributed by atoms with E-state index in [-0.39, 0.29) is 17.9 Å². The highest BCUT2D eigenvalue weighted by molar-refractivity contribution is 5.93. The number of hydrogen-bond donors (Lipinski definition) is 6. The van der Waals surface area contributed by atoms with E-state index in [1.54, 1.807) is 0 Å². The number of aromatic hydroxyl groups is 2. The smallest absolute Gasteiger partial charge is 0.249 e. The van der Waals surface area contributed by atoms with Crippen LogP contribution in [0.1, 0.15) is 18.9 Å². The zero-order valence-corrected chi connectivity index (χ0v) is 17.4. The number of aliphatic hydroxyl groups excluding tert-OH is 1. The third-order valence-electron chi connectivity index (χ3n) is 4.98. The normalized spacial score (nSPS) is 19.8. The second-order valence-corrected chi connectivity index (χ2v) is 7.37. The molecule has 11 heteroatoms. The summed E-state index contributed by atoms with van der Waals surface area (Å²) in [6.07, 6.45) is -1.05. The largest absolute Gasteiger partial charge is 0.504 e. The summed E-state index contributed by atoms with van der Waals surface area (Å²) in [5.41, 5.74) is 5.62. The zero-order valence-electron chi connectivity index (χ0n) is 17.4. The molecule has 0 bridgehead atoms. The SMILES string of the molecule is C1COCCN1.CC(NC(=O)C(O)Cc1ccc(O)c(O)c1)C(=O)N1CCC1C(N)=O. The first-order chi connectivity index (χ1) is 14.7. The van der Waals surface area contributed by atoms with Gasteiger partial charge >= 0.3 is 0 Å². The van der Waals surface area contributed by atoms with Crippen molar-refractivity contribution in [3.8, 4) is 11.5 Å². The molecule has 2 aliphatic rings. The molecule has 7 N–H and O–H groups in total. The summed E-state index contributed by atoms with van der Waals surface area (Å²) in [7, 11) is 0. The second-order valence-electron chi connectivity index (χ2n) is 7.37. The monoisotopic (exact) mass is 438 g/mol. The van der Waals surface area contributed by atoms with Crippen molar-refractivity contribution >= 4 is 17.7 Å². The minimum atomic E-state index is -1.44. The van der Waals surface area contributed by atoms with Crippen LogP contribution in [-0.2, 0) is 25.5 Å². The van der Waals surface area contributed by atoms with Crippen molar-refractivity contribution in [1.82, 2.24) is 15.5 Å². The lowest BCUT2D eigenvalue weighted by Gasteiger charge is -2.40. The van der Waals surface area contributed by atoms with E-state index < -0.39 is 35.9 Å². The third kappa shape index (κ3) is 7.09. The maximum atomic E-state index is 12.2. The highest BCUT2D eigenvalue weighted by Gasteiger charge is 2.38. The summed E-state index contributed by atoms with van der Waals surface area (Å²) in [6.45, 7) is 5.68. The minimum Gasteiger partial charge on any atom is -0.504 e. The van der Waals surface area contributed by atoms with Crippen molar-refractivity contribution in [2.75, 3.05) is 32.8 Å². The highest BCUT2D eigenvalue weighted by Crippen LogP contribution is 2.25. The van der Waals surface area contributed by atoms with Gasteiger partial charge in [-0.15, -0.1) is 0 Å². The van der Waals surface area contributed by atoms with Crippen LogP contribution in [0, 0.1) is 0 Å². The Bertz CT molecular complexity index is 773. The lowest BCUT2D eigenvalue weighted by Crippen LogP contribution is -2.61. The van der Waals surface area contributed by atoms with Crippen molar-refractivity contribution in [3.63, 3.8) is 0 Å². The standard InChI is InChI=1S/C16H21N3O6.C4H9NO/c1-8(16(25)19-5-4-10(19)14(17)23)18-15(24)13(22)7-9-2-3-11(20)12(21)6-9;1-3-6-4-2-5-1/h2-3,6,8,10,13,20-22H,4-5,7H2,1H3,(H2,17,23)(H,18,24);5H,1-4H2. The van der Waals surface area contributed by atoms with Crippen molar-refractivity contribution in [2.45, 2.75) is 38.0 Å². The van der Waals surface area contributed by atoms with E-state index in [9.17, 15) is 29.7 Å². The molecule has 3 atom stereocenters. The Hall–Kier alpha value is -2.89. The predicted molar refractivity (Wildman–Crippen MR) is 110 cm³/mol. The number of carbonyl (C=O) groups is 3. The van der Waals surface area contributed by atoms with Gasteiger partial charge in [-0.3, -0.25) is 14.4 Å². The van der Waals surface area contributed by atoms with Crippen LogP contribution >= 0.6 is 0 Å².